The molecule has 1 fully saturated rings. The fraction of sp³-hybridized carbons (Fsp3) is 1.00. The molecule has 0 amide bonds. The molecular weight excluding hydrogens is 236 g/mol. The molecule has 0 aliphatic carbocycles. The van der Waals surface area contributed by atoms with E-state index >= 15 is 0 Å². The van der Waals surface area contributed by atoms with E-state index in [1.165, 1.54) is 19.4 Å². The minimum absolute atomic E-state index is 0.410. The lowest BCUT2D eigenvalue weighted by molar-refractivity contribution is -0.0404. The largest absolute Gasteiger partial charge is 0.374 e. The van der Waals surface area contributed by atoms with Crippen LogP contribution in [-0.2, 0) is 4.74 Å². The van der Waals surface area contributed by atoms with Crippen LogP contribution in [0.1, 0.15) is 47.5 Å². The van der Waals surface area contributed by atoms with Crippen molar-refractivity contribution in [2.75, 3.05) is 46.4 Å². The third kappa shape index (κ3) is 9.42. The molecule has 1 aliphatic rings. The standard InChI is InChI=1S/C14H30N2O.C2H6/c1-5-15(4)11-14-12-16(9-10-17-14)8-6-7-13(2)3;1-2/h13-14H,5-12H2,1-4H3;1-2H3. The summed E-state index contributed by atoms with van der Waals surface area (Å²) < 4.78 is 5.82. The zero-order valence-corrected chi connectivity index (χ0v) is 14.1. The molecule has 0 aromatic carbocycles. The molecule has 1 unspecified atom stereocenters. The number of hydrogen-bond donors (Lipinski definition) is 0. The van der Waals surface area contributed by atoms with E-state index in [4.69, 9.17) is 4.74 Å². The van der Waals surface area contributed by atoms with Crippen molar-refractivity contribution < 1.29 is 4.74 Å². The van der Waals surface area contributed by atoms with Crippen molar-refractivity contribution in [2.24, 2.45) is 5.92 Å². The van der Waals surface area contributed by atoms with E-state index in [1.54, 1.807) is 0 Å². The van der Waals surface area contributed by atoms with E-state index in [9.17, 15) is 0 Å². The van der Waals surface area contributed by atoms with Crippen LogP contribution in [-0.4, -0.2) is 62.3 Å². The molecular formula is C16H36N2O. The fourth-order valence-corrected chi connectivity index (χ4v) is 2.29. The summed E-state index contributed by atoms with van der Waals surface area (Å²) in [4.78, 5) is 4.91. The van der Waals surface area contributed by atoms with Crippen LogP contribution in [0.15, 0.2) is 0 Å². The maximum Gasteiger partial charge on any atom is 0.0829 e. The fourth-order valence-electron chi connectivity index (χ4n) is 2.29. The topological polar surface area (TPSA) is 15.7 Å². The number of rotatable bonds is 7. The van der Waals surface area contributed by atoms with Gasteiger partial charge < -0.3 is 9.64 Å². The highest BCUT2D eigenvalue weighted by Gasteiger charge is 2.20. The molecule has 0 N–H and O–H groups in total. The number of nitrogens with zero attached hydrogens (tertiary/aromatic N) is 2. The lowest BCUT2D eigenvalue weighted by atomic mass is 10.1. The molecule has 1 atom stereocenters. The average molecular weight is 272 g/mol. The van der Waals surface area contributed by atoms with Crippen molar-refractivity contribution in [1.82, 2.24) is 9.80 Å². The molecule has 0 radical (unpaired) electrons. The quantitative estimate of drug-likeness (QED) is 0.708. The summed E-state index contributed by atoms with van der Waals surface area (Å²) in [6, 6.07) is 0. The summed E-state index contributed by atoms with van der Waals surface area (Å²) in [5.74, 6) is 0.832. The summed E-state index contributed by atoms with van der Waals surface area (Å²) in [5.41, 5.74) is 0. The molecule has 0 aromatic heterocycles. The SMILES string of the molecule is CC.CCN(C)CC1CN(CCCC(C)C)CCO1. The highest BCUT2D eigenvalue weighted by Crippen LogP contribution is 2.10. The second-order valence-electron chi connectivity index (χ2n) is 5.68. The third-order valence-electron chi connectivity index (χ3n) is 3.53. The Morgan fingerprint density at radius 2 is 2.00 bits per heavy atom. The van der Waals surface area contributed by atoms with Crippen molar-refractivity contribution in [3.05, 3.63) is 0 Å². The minimum Gasteiger partial charge on any atom is -0.374 e. The molecule has 1 saturated heterocycles. The summed E-state index contributed by atoms with van der Waals surface area (Å²) in [6.07, 6.45) is 3.08. The van der Waals surface area contributed by atoms with E-state index in [-0.39, 0.29) is 0 Å². The van der Waals surface area contributed by atoms with Gasteiger partial charge >= 0.3 is 0 Å². The van der Waals surface area contributed by atoms with E-state index in [0.29, 0.717) is 6.10 Å². The normalized spacial score (nSPS) is 20.5. The molecule has 3 heteroatoms. The predicted octanol–water partition coefficient (Wildman–Crippen LogP) is 3.10. The zero-order chi connectivity index (χ0) is 14.7. The maximum atomic E-state index is 5.82. The smallest absolute Gasteiger partial charge is 0.0829 e. The number of hydrogen-bond acceptors (Lipinski definition) is 3. The van der Waals surface area contributed by atoms with Gasteiger partial charge in [0.1, 0.15) is 0 Å². The van der Waals surface area contributed by atoms with Gasteiger partial charge in [-0.2, -0.15) is 0 Å². The Labute approximate surface area is 121 Å². The first-order chi connectivity index (χ1) is 9.11. The van der Waals surface area contributed by atoms with Crippen LogP contribution < -0.4 is 0 Å². The summed E-state index contributed by atoms with van der Waals surface area (Å²) in [5, 5.41) is 0. The van der Waals surface area contributed by atoms with Gasteiger partial charge in [-0.05, 0) is 38.9 Å². The Hall–Kier alpha value is -0.120. The van der Waals surface area contributed by atoms with Gasteiger partial charge in [-0.3, -0.25) is 4.90 Å². The Morgan fingerprint density at radius 3 is 2.58 bits per heavy atom. The van der Waals surface area contributed by atoms with E-state index < -0.39 is 0 Å². The Bertz CT molecular complexity index is 197. The molecule has 3 nitrogen and oxygen atoms in total. The second-order valence-corrected chi connectivity index (χ2v) is 5.68. The number of morpholine rings is 1. The molecule has 1 rings (SSSR count). The molecule has 0 saturated carbocycles. The van der Waals surface area contributed by atoms with E-state index in [2.05, 4.69) is 37.6 Å². The van der Waals surface area contributed by atoms with Crippen molar-refractivity contribution in [3.8, 4) is 0 Å². The second kappa shape index (κ2) is 11.7. The average Bonchev–Trinajstić information content (AvgIpc) is 2.41. The van der Waals surface area contributed by atoms with Crippen LogP contribution in [0, 0.1) is 5.92 Å². The monoisotopic (exact) mass is 272 g/mol. The molecule has 0 spiro atoms. The highest BCUT2D eigenvalue weighted by molar-refractivity contribution is 4.73. The Kier molecular flexibility index (Phi) is 11.6. The first kappa shape index (κ1) is 18.9. The molecule has 116 valence electrons. The summed E-state index contributed by atoms with van der Waals surface area (Å²) in [7, 11) is 2.17. The summed E-state index contributed by atoms with van der Waals surface area (Å²) in [6.45, 7) is 17.4. The van der Waals surface area contributed by atoms with Crippen LogP contribution in [0.2, 0.25) is 0 Å². The number of likely N-dealkylation sites (N-methyl/N-ethyl adjacent to an activating group) is 1. The molecule has 0 bridgehead atoms. The third-order valence-corrected chi connectivity index (χ3v) is 3.53. The van der Waals surface area contributed by atoms with Gasteiger partial charge in [0.15, 0.2) is 0 Å². The zero-order valence-electron chi connectivity index (χ0n) is 14.1. The molecule has 1 heterocycles. The Morgan fingerprint density at radius 1 is 1.32 bits per heavy atom. The van der Waals surface area contributed by atoms with Gasteiger partial charge in [0.05, 0.1) is 12.7 Å². The first-order valence-electron chi connectivity index (χ1n) is 8.14. The first-order valence-corrected chi connectivity index (χ1v) is 8.14. The van der Waals surface area contributed by atoms with E-state index in [1.807, 2.05) is 13.8 Å². The van der Waals surface area contributed by atoms with Gasteiger partial charge in [0, 0.05) is 19.6 Å². The molecule has 1 aliphatic heterocycles. The lowest BCUT2D eigenvalue weighted by Gasteiger charge is -2.34. The van der Waals surface area contributed by atoms with E-state index in [0.717, 1.165) is 38.7 Å². The van der Waals surface area contributed by atoms with Crippen LogP contribution in [0.25, 0.3) is 0 Å². The minimum atomic E-state index is 0.410. The van der Waals surface area contributed by atoms with Crippen molar-refractivity contribution in [3.63, 3.8) is 0 Å². The summed E-state index contributed by atoms with van der Waals surface area (Å²) >= 11 is 0. The molecule has 0 aromatic rings. The van der Waals surface area contributed by atoms with Gasteiger partial charge in [-0.25, -0.2) is 0 Å². The van der Waals surface area contributed by atoms with Crippen molar-refractivity contribution >= 4 is 0 Å². The molecule has 19 heavy (non-hydrogen) atoms. The van der Waals surface area contributed by atoms with Gasteiger partial charge in [-0.15, -0.1) is 0 Å². The van der Waals surface area contributed by atoms with Crippen molar-refractivity contribution in [1.29, 1.82) is 0 Å². The van der Waals surface area contributed by atoms with Crippen LogP contribution >= 0.6 is 0 Å². The van der Waals surface area contributed by atoms with Crippen LogP contribution in [0.4, 0.5) is 0 Å². The van der Waals surface area contributed by atoms with Gasteiger partial charge in [0.25, 0.3) is 0 Å². The van der Waals surface area contributed by atoms with Crippen molar-refractivity contribution in [2.45, 2.75) is 53.6 Å². The Balaban J connectivity index is 0.00000154. The number of ether oxygens (including phenoxy) is 1. The lowest BCUT2D eigenvalue weighted by Crippen LogP contribution is -2.47. The van der Waals surface area contributed by atoms with Gasteiger partial charge in [0.2, 0.25) is 0 Å². The highest BCUT2D eigenvalue weighted by atomic mass is 16.5. The predicted molar refractivity (Wildman–Crippen MR) is 84.8 cm³/mol. The maximum absolute atomic E-state index is 5.82. The van der Waals surface area contributed by atoms with Crippen LogP contribution in [0.3, 0.4) is 0 Å². The van der Waals surface area contributed by atoms with Crippen LogP contribution in [0.5, 0.6) is 0 Å². The van der Waals surface area contributed by atoms with Gasteiger partial charge in [-0.1, -0.05) is 34.6 Å².